The summed E-state index contributed by atoms with van der Waals surface area (Å²) in [6.45, 7) is 0. The van der Waals surface area contributed by atoms with Crippen molar-refractivity contribution in [3.8, 4) is 0 Å². The summed E-state index contributed by atoms with van der Waals surface area (Å²) < 4.78 is 26.5. The van der Waals surface area contributed by atoms with Crippen LogP contribution < -0.4 is 5.73 Å². The largest absolute Gasteiger partial charge is 0.325 e. The van der Waals surface area contributed by atoms with E-state index in [0.717, 1.165) is 31.7 Å². The topological polar surface area (TPSA) is 26.0 Å². The maximum absolute atomic E-state index is 13.7. The van der Waals surface area contributed by atoms with Crippen LogP contribution in [0.25, 0.3) is 0 Å². The molecule has 2 rings (SSSR count). The van der Waals surface area contributed by atoms with Crippen LogP contribution in [0.3, 0.4) is 0 Å². The first-order chi connectivity index (χ1) is 8.59. The van der Waals surface area contributed by atoms with Crippen molar-refractivity contribution in [2.75, 3.05) is 0 Å². The summed E-state index contributed by atoms with van der Waals surface area (Å²) in [7, 11) is 0. The van der Waals surface area contributed by atoms with Crippen LogP contribution >= 0.6 is 0 Å². The highest BCUT2D eigenvalue weighted by molar-refractivity contribution is 5.21. The van der Waals surface area contributed by atoms with E-state index in [0.29, 0.717) is 12.0 Å². The van der Waals surface area contributed by atoms with Crippen molar-refractivity contribution in [1.29, 1.82) is 0 Å². The van der Waals surface area contributed by atoms with Gasteiger partial charge in [-0.1, -0.05) is 38.2 Å². The Morgan fingerprint density at radius 2 is 1.61 bits per heavy atom. The Morgan fingerprint density at radius 1 is 1.00 bits per heavy atom. The molecule has 1 aromatic carbocycles. The lowest BCUT2D eigenvalue weighted by Crippen LogP contribution is -2.42. The summed E-state index contributed by atoms with van der Waals surface area (Å²) in [6, 6.07) is 3.78. The second kappa shape index (κ2) is 5.79. The molecule has 1 fully saturated rings. The van der Waals surface area contributed by atoms with Gasteiger partial charge in [0.25, 0.3) is 0 Å². The molecule has 0 bridgehead atoms. The van der Waals surface area contributed by atoms with Gasteiger partial charge in [-0.05, 0) is 30.9 Å². The van der Waals surface area contributed by atoms with Crippen LogP contribution in [0.1, 0.15) is 50.5 Å². The summed E-state index contributed by atoms with van der Waals surface area (Å²) in [4.78, 5) is 0. The molecule has 0 radical (unpaired) electrons. The third-order valence-corrected chi connectivity index (χ3v) is 3.91. The number of benzene rings is 1. The quantitative estimate of drug-likeness (QED) is 0.848. The van der Waals surface area contributed by atoms with Crippen molar-refractivity contribution in [2.45, 2.75) is 56.9 Å². The Kier molecular flexibility index (Phi) is 4.33. The van der Waals surface area contributed by atoms with E-state index in [1.165, 1.54) is 31.4 Å². The number of nitrogens with two attached hydrogens (primary N) is 1. The molecule has 0 amide bonds. The molecule has 1 saturated carbocycles. The minimum Gasteiger partial charge on any atom is -0.325 e. The van der Waals surface area contributed by atoms with Crippen LogP contribution in [0.15, 0.2) is 18.2 Å². The fourth-order valence-electron chi connectivity index (χ4n) is 2.83. The van der Waals surface area contributed by atoms with E-state index in [1.807, 2.05) is 0 Å². The summed E-state index contributed by atoms with van der Waals surface area (Å²) in [5.41, 5.74) is 6.63. The van der Waals surface area contributed by atoms with Gasteiger partial charge in [0.15, 0.2) is 0 Å². The number of rotatable bonds is 2. The highest BCUT2D eigenvalue weighted by Gasteiger charge is 2.26. The molecule has 1 aliphatic rings. The molecular weight excluding hydrogens is 232 g/mol. The van der Waals surface area contributed by atoms with Crippen molar-refractivity contribution in [3.63, 3.8) is 0 Å². The SMILES string of the molecule is NC1(Cc2ccc(F)cc2F)CCCCCCC1. The third kappa shape index (κ3) is 3.52. The molecule has 100 valence electrons. The molecular formula is C15H21F2N. The molecule has 1 aliphatic carbocycles. The first-order valence-corrected chi connectivity index (χ1v) is 6.82. The second-order valence-corrected chi connectivity index (χ2v) is 5.54. The molecule has 0 aliphatic heterocycles. The first-order valence-electron chi connectivity index (χ1n) is 6.82. The Hall–Kier alpha value is -0.960. The molecule has 1 aromatic rings. The maximum atomic E-state index is 13.7. The highest BCUT2D eigenvalue weighted by Crippen LogP contribution is 2.28. The minimum atomic E-state index is -0.528. The molecule has 0 aromatic heterocycles. The van der Waals surface area contributed by atoms with E-state index < -0.39 is 11.6 Å². The Bertz CT molecular complexity index is 395. The smallest absolute Gasteiger partial charge is 0.129 e. The van der Waals surface area contributed by atoms with Crippen molar-refractivity contribution in [1.82, 2.24) is 0 Å². The van der Waals surface area contributed by atoms with E-state index in [4.69, 9.17) is 5.73 Å². The van der Waals surface area contributed by atoms with Crippen molar-refractivity contribution in [2.24, 2.45) is 5.73 Å². The fraction of sp³-hybridized carbons (Fsp3) is 0.600. The lowest BCUT2D eigenvalue weighted by atomic mass is 9.80. The predicted octanol–water partition coefficient (Wildman–Crippen LogP) is 3.95. The normalized spacial score (nSPS) is 20.2. The minimum absolute atomic E-state index is 0.320. The van der Waals surface area contributed by atoms with Gasteiger partial charge < -0.3 is 5.73 Å². The average Bonchev–Trinajstić information content (AvgIpc) is 2.29. The van der Waals surface area contributed by atoms with Crippen LogP contribution in [0.2, 0.25) is 0 Å². The van der Waals surface area contributed by atoms with Gasteiger partial charge in [0.2, 0.25) is 0 Å². The van der Waals surface area contributed by atoms with Crippen LogP contribution in [0.5, 0.6) is 0 Å². The van der Waals surface area contributed by atoms with E-state index in [9.17, 15) is 8.78 Å². The Morgan fingerprint density at radius 3 is 2.22 bits per heavy atom. The zero-order chi connectivity index (χ0) is 13.0. The average molecular weight is 253 g/mol. The zero-order valence-corrected chi connectivity index (χ0v) is 10.7. The molecule has 0 saturated heterocycles. The van der Waals surface area contributed by atoms with Gasteiger partial charge in [-0.25, -0.2) is 8.78 Å². The van der Waals surface area contributed by atoms with Crippen LogP contribution in [0.4, 0.5) is 8.78 Å². The van der Waals surface area contributed by atoms with E-state index in [-0.39, 0.29) is 5.54 Å². The van der Waals surface area contributed by atoms with Crippen LogP contribution in [-0.2, 0) is 6.42 Å². The van der Waals surface area contributed by atoms with Crippen LogP contribution in [0, 0.1) is 11.6 Å². The van der Waals surface area contributed by atoms with Gasteiger partial charge in [-0.15, -0.1) is 0 Å². The molecule has 18 heavy (non-hydrogen) atoms. The van der Waals surface area contributed by atoms with Gasteiger partial charge >= 0.3 is 0 Å². The number of hydrogen-bond donors (Lipinski definition) is 1. The van der Waals surface area contributed by atoms with Gasteiger partial charge in [-0.3, -0.25) is 0 Å². The predicted molar refractivity (Wildman–Crippen MR) is 69.3 cm³/mol. The molecule has 0 heterocycles. The molecule has 0 spiro atoms. The summed E-state index contributed by atoms with van der Waals surface area (Å²) in [6.07, 6.45) is 8.31. The molecule has 2 N–H and O–H groups in total. The molecule has 0 atom stereocenters. The van der Waals surface area contributed by atoms with Gasteiger partial charge in [0.1, 0.15) is 11.6 Å². The van der Waals surface area contributed by atoms with Crippen LogP contribution in [-0.4, -0.2) is 5.54 Å². The standard InChI is InChI=1S/C15H21F2N/c16-13-7-6-12(14(17)10-13)11-15(18)8-4-2-1-3-5-9-15/h6-7,10H,1-5,8-9,11,18H2. The van der Waals surface area contributed by atoms with Crippen molar-refractivity contribution < 1.29 is 8.78 Å². The summed E-state index contributed by atoms with van der Waals surface area (Å²) >= 11 is 0. The number of halogens is 2. The summed E-state index contributed by atoms with van der Waals surface area (Å²) in [5.74, 6) is -0.998. The van der Waals surface area contributed by atoms with Gasteiger partial charge in [-0.2, -0.15) is 0 Å². The fourth-order valence-corrected chi connectivity index (χ4v) is 2.83. The Labute approximate surface area is 107 Å². The van der Waals surface area contributed by atoms with Crippen molar-refractivity contribution >= 4 is 0 Å². The van der Waals surface area contributed by atoms with E-state index in [2.05, 4.69) is 0 Å². The highest BCUT2D eigenvalue weighted by atomic mass is 19.1. The lowest BCUT2D eigenvalue weighted by molar-refractivity contribution is 0.311. The zero-order valence-electron chi connectivity index (χ0n) is 10.7. The third-order valence-electron chi connectivity index (χ3n) is 3.91. The molecule has 3 heteroatoms. The van der Waals surface area contributed by atoms with E-state index >= 15 is 0 Å². The first kappa shape index (κ1) is 13.5. The summed E-state index contributed by atoms with van der Waals surface area (Å²) in [5, 5.41) is 0. The van der Waals surface area contributed by atoms with Gasteiger partial charge in [0.05, 0.1) is 0 Å². The lowest BCUT2D eigenvalue weighted by Gasteiger charge is -2.31. The van der Waals surface area contributed by atoms with Gasteiger partial charge in [0, 0.05) is 11.6 Å². The monoisotopic (exact) mass is 253 g/mol. The Balaban J connectivity index is 2.09. The molecule has 0 unspecified atom stereocenters. The van der Waals surface area contributed by atoms with E-state index in [1.54, 1.807) is 0 Å². The maximum Gasteiger partial charge on any atom is 0.129 e. The molecule has 1 nitrogen and oxygen atoms in total. The number of hydrogen-bond acceptors (Lipinski definition) is 1. The second-order valence-electron chi connectivity index (χ2n) is 5.54. The van der Waals surface area contributed by atoms with Crippen molar-refractivity contribution in [3.05, 3.63) is 35.4 Å².